The van der Waals surface area contributed by atoms with Crippen LogP contribution in [0.1, 0.15) is 19.8 Å². The van der Waals surface area contributed by atoms with Crippen LogP contribution in [0.4, 0.5) is 5.69 Å². The van der Waals surface area contributed by atoms with E-state index in [2.05, 4.69) is 28.0 Å². The first kappa shape index (κ1) is 14.1. The van der Waals surface area contributed by atoms with E-state index in [4.69, 9.17) is 0 Å². The molecule has 2 fully saturated rings. The molecule has 0 spiro atoms. The summed E-state index contributed by atoms with van der Waals surface area (Å²) in [6, 6.07) is 0.351. The molecule has 0 bridgehead atoms. The highest BCUT2D eigenvalue weighted by Gasteiger charge is 2.29. The average Bonchev–Trinajstić information content (AvgIpc) is 2.95. The fourth-order valence-corrected chi connectivity index (χ4v) is 2.56. The average molecular weight is 291 g/mol. The maximum absolute atomic E-state index is 12.1. The number of carbonyl (C=O) groups is 2. The van der Waals surface area contributed by atoms with Gasteiger partial charge in [-0.15, -0.1) is 0 Å². The molecule has 114 valence electrons. The molecule has 2 unspecified atom stereocenters. The van der Waals surface area contributed by atoms with Crippen LogP contribution in [0.2, 0.25) is 0 Å². The zero-order chi connectivity index (χ0) is 14.8. The number of rotatable bonds is 5. The van der Waals surface area contributed by atoms with Crippen molar-refractivity contribution >= 4 is 17.5 Å². The molecule has 0 aromatic carbocycles. The standard InChI is InChI=1S/C14H21N5O2/c1-9-4-15-6-12(9)14(21)18-11-5-16-19(7-11)8-13(20)17-10-2-3-10/h5,7,9-10,12,15H,2-4,6,8H2,1H3,(H,17,20)(H,18,21). The van der Waals surface area contributed by atoms with Crippen molar-refractivity contribution in [3.63, 3.8) is 0 Å². The summed E-state index contributed by atoms with van der Waals surface area (Å²) in [4.78, 5) is 23.8. The van der Waals surface area contributed by atoms with E-state index < -0.39 is 0 Å². The van der Waals surface area contributed by atoms with Crippen molar-refractivity contribution in [2.75, 3.05) is 18.4 Å². The van der Waals surface area contributed by atoms with Gasteiger partial charge in [-0.2, -0.15) is 5.10 Å². The van der Waals surface area contributed by atoms with Crippen molar-refractivity contribution in [1.82, 2.24) is 20.4 Å². The molecule has 1 saturated heterocycles. The summed E-state index contributed by atoms with van der Waals surface area (Å²) >= 11 is 0. The van der Waals surface area contributed by atoms with Gasteiger partial charge in [0.1, 0.15) is 6.54 Å². The predicted molar refractivity (Wildman–Crippen MR) is 77.5 cm³/mol. The molecule has 2 amide bonds. The van der Waals surface area contributed by atoms with E-state index in [9.17, 15) is 9.59 Å². The summed E-state index contributed by atoms with van der Waals surface area (Å²) in [6.07, 6.45) is 5.41. The van der Waals surface area contributed by atoms with Crippen molar-refractivity contribution < 1.29 is 9.59 Å². The SMILES string of the molecule is CC1CNCC1C(=O)Nc1cnn(CC(=O)NC2CC2)c1. The van der Waals surface area contributed by atoms with Crippen molar-refractivity contribution in [3.8, 4) is 0 Å². The van der Waals surface area contributed by atoms with Crippen LogP contribution in [-0.4, -0.2) is 40.7 Å². The van der Waals surface area contributed by atoms with E-state index in [0.29, 0.717) is 24.2 Å². The molecule has 2 heterocycles. The zero-order valence-corrected chi connectivity index (χ0v) is 12.1. The Morgan fingerprint density at radius 1 is 1.43 bits per heavy atom. The highest BCUT2D eigenvalue weighted by atomic mass is 16.2. The van der Waals surface area contributed by atoms with Gasteiger partial charge >= 0.3 is 0 Å². The van der Waals surface area contributed by atoms with Gasteiger partial charge in [0, 0.05) is 18.8 Å². The van der Waals surface area contributed by atoms with Crippen molar-refractivity contribution in [3.05, 3.63) is 12.4 Å². The van der Waals surface area contributed by atoms with Crippen LogP contribution in [0.25, 0.3) is 0 Å². The summed E-state index contributed by atoms with van der Waals surface area (Å²) in [6.45, 7) is 3.84. The van der Waals surface area contributed by atoms with E-state index in [0.717, 1.165) is 19.4 Å². The number of amides is 2. The molecule has 0 radical (unpaired) electrons. The Morgan fingerprint density at radius 3 is 2.90 bits per heavy atom. The van der Waals surface area contributed by atoms with Gasteiger partial charge in [0.15, 0.2) is 0 Å². The molecule has 3 rings (SSSR count). The Bertz CT molecular complexity index is 537. The topological polar surface area (TPSA) is 88.1 Å². The summed E-state index contributed by atoms with van der Waals surface area (Å²) in [5, 5.41) is 13.1. The minimum absolute atomic E-state index is 0.00786. The van der Waals surface area contributed by atoms with Gasteiger partial charge in [-0.25, -0.2) is 0 Å². The molecule has 1 aromatic heterocycles. The monoisotopic (exact) mass is 291 g/mol. The summed E-state index contributed by atoms with van der Waals surface area (Å²) in [5.74, 6) is 0.303. The lowest BCUT2D eigenvalue weighted by atomic mass is 9.97. The fourth-order valence-electron chi connectivity index (χ4n) is 2.56. The van der Waals surface area contributed by atoms with Crippen LogP contribution in [0.5, 0.6) is 0 Å². The number of hydrogen-bond donors (Lipinski definition) is 3. The largest absolute Gasteiger partial charge is 0.352 e. The van der Waals surface area contributed by atoms with Crippen molar-refractivity contribution in [2.24, 2.45) is 11.8 Å². The van der Waals surface area contributed by atoms with Crippen LogP contribution in [0.3, 0.4) is 0 Å². The molecule has 1 aliphatic heterocycles. The molecule has 7 heteroatoms. The molecule has 21 heavy (non-hydrogen) atoms. The Balaban J connectivity index is 1.52. The summed E-state index contributed by atoms with van der Waals surface area (Å²) in [5.41, 5.74) is 0.637. The Morgan fingerprint density at radius 2 is 2.24 bits per heavy atom. The Hall–Kier alpha value is -1.89. The summed E-state index contributed by atoms with van der Waals surface area (Å²) in [7, 11) is 0. The van der Waals surface area contributed by atoms with Gasteiger partial charge in [0.05, 0.1) is 17.8 Å². The number of carbonyl (C=O) groups excluding carboxylic acids is 2. The van der Waals surface area contributed by atoms with Crippen LogP contribution >= 0.6 is 0 Å². The van der Waals surface area contributed by atoms with E-state index in [1.807, 2.05) is 0 Å². The van der Waals surface area contributed by atoms with Gasteiger partial charge in [-0.1, -0.05) is 6.92 Å². The summed E-state index contributed by atoms with van der Waals surface area (Å²) < 4.78 is 1.55. The van der Waals surface area contributed by atoms with Crippen LogP contribution in [-0.2, 0) is 16.1 Å². The second-order valence-corrected chi connectivity index (χ2v) is 6.00. The third-order valence-electron chi connectivity index (χ3n) is 4.00. The van der Waals surface area contributed by atoms with E-state index in [1.54, 1.807) is 17.1 Å². The normalized spacial score (nSPS) is 24.8. The minimum Gasteiger partial charge on any atom is -0.352 e. The predicted octanol–water partition coefficient (Wildman–Crippen LogP) is -0.0443. The number of anilines is 1. The van der Waals surface area contributed by atoms with E-state index >= 15 is 0 Å². The number of aromatic nitrogens is 2. The quantitative estimate of drug-likeness (QED) is 0.710. The van der Waals surface area contributed by atoms with Crippen LogP contribution < -0.4 is 16.0 Å². The van der Waals surface area contributed by atoms with Gasteiger partial charge in [0.25, 0.3) is 0 Å². The van der Waals surface area contributed by atoms with Gasteiger partial charge < -0.3 is 16.0 Å². The second kappa shape index (κ2) is 5.85. The number of nitrogens with one attached hydrogen (secondary N) is 3. The minimum atomic E-state index is -0.0351. The molecule has 2 atom stereocenters. The molecule has 2 aliphatic rings. The van der Waals surface area contributed by atoms with Crippen molar-refractivity contribution in [1.29, 1.82) is 0 Å². The molecular formula is C14H21N5O2. The zero-order valence-electron chi connectivity index (χ0n) is 12.1. The Kier molecular flexibility index (Phi) is 3.92. The first-order valence-electron chi connectivity index (χ1n) is 7.45. The lowest BCUT2D eigenvalue weighted by Gasteiger charge is -2.12. The molecule has 1 aromatic rings. The fraction of sp³-hybridized carbons (Fsp3) is 0.643. The smallest absolute Gasteiger partial charge is 0.241 e. The third-order valence-corrected chi connectivity index (χ3v) is 4.00. The van der Waals surface area contributed by atoms with Crippen LogP contribution in [0.15, 0.2) is 12.4 Å². The van der Waals surface area contributed by atoms with Gasteiger partial charge in [-0.05, 0) is 25.3 Å². The molecule has 1 saturated carbocycles. The molecule has 1 aliphatic carbocycles. The molecule has 3 N–H and O–H groups in total. The van der Waals surface area contributed by atoms with Crippen LogP contribution in [0, 0.1) is 11.8 Å². The number of nitrogens with zero attached hydrogens (tertiary/aromatic N) is 2. The highest BCUT2D eigenvalue weighted by Crippen LogP contribution is 2.19. The Labute approximate surface area is 123 Å². The van der Waals surface area contributed by atoms with Gasteiger partial charge in [-0.3, -0.25) is 14.3 Å². The second-order valence-electron chi connectivity index (χ2n) is 6.00. The molecule has 7 nitrogen and oxygen atoms in total. The third kappa shape index (κ3) is 3.60. The maximum Gasteiger partial charge on any atom is 0.241 e. The lowest BCUT2D eigenvalue weighted by molar-refractivity contribution is -0.122. The lowest BCUT2D eigenvalue weighted by Crippen LogP contribution is -2.29. The molecular weight excluding hydrogens is 270 g/mol. The van der Waals surface area contributed by atoms with Gasteiger partial charge in [0.2, 0.25) is 11.8 Å². The van der Waals surface area contributed by atoms with Crippen molar-refractivity contribution in [2.45, 2.75) is 32.4 Å². The van der Waals surface area contributed by atoms with E-state index in [1.165, 1.54) is 0 Å². The maximum atomic E-state index is 12.1. The highest BCUT2D eigenvalue weighted by molar-refractivity contribution is 5.92. The van der Waals surface area contributed by atoms with E-state index in [-0.39, 0.29) is 24.3 Å². The first-order valence-corrected chi connectivity index (χ1v) is 7.45. The first-order chi connectivity index (χ1) is 10.1. The number of hydrogen-bond acceptors (Lipinski definition) is 4.